The number of urea groups is 1. The summed E-state index contributed by atoms with van der Waals surface area (Å²) in [5.74, 6) is 0.183. The maximum absolute atomic E-state index is 12.5. The van der Waals surface area contributed by atoms with Crippen LogP contribution in [0.4, 0.5) is 23.7 Å². The number of nitrogens with zero attached hydrogens (tertiary/aromatic N) is 3. The number of carbonyl (C=O) groups excluding carboxylic acids is 1. The monoisotopic (exact) mass is 557 g/mol. The van der Waals surface area contributed by atoms with Gasteiger partial charge < -0.3 is 15.4 Å². The van der Waals surface area contributed by atoms with E-state index >= 15 is 0 Å². The van der Waals surface area contributed by atoms with Crippen molar-refractivity contribution in [2.45, 2.75) is 19.2 Å². The molecule has 5 aromatic rings. The Morgan fingerprint density at radius 1 is 0.829 bits per heavy atom. The minimum Gasteiger partial charge on any atom is -0.406 e. The van der Waals surface area contributed by atoms with Gasteiger partial charge in [0.25, 0.3) is 0 Å². The number of halogens is 3. The van der Waals surface area contributed by atoms with Gasteiger partial charge in [-0.15, -0.1) is 18.3 Å². The lowest BCUT2D eigenvalue weighted by Gasteiger charge is -2.12. The van der Waals surface area contributed by atoms with Crippen molar-refractivity contribution in [2.75, 3.05) is 11.9 Å². The summed E-state index contributed by atoms with van der Waals surface area (Å²) >= 11 is 0. The lowest BCUT2D eigenvalue weighted by Crippen LogP contribution is -2.29. The quantitative estimate of drug-likeness (QED) is 0.187. The predicted molar refractivity (Wildman–Crippen MR) is 151 cm³/mol. The van der Waals surface area contributed by atoms with E-state index in [1.807, 2.05) is 78.9 Å². The number of hydrogen-bond acceptors (Lipinski definition) is 4. The maximum atomic E-state index is 12.5. The molecule has 0 atom stereocenters. The Kier molecular flexibility index (Phi) is 8.28. The number of aryl methyl sites for hydroxylation is 1. The zero-order valence-electron chi connectivity index (χ0n) is 21.8. The molecule has 0 aliphatic carbocycles. The van der Waals surface area contributed by atoms with Crippen LogP contribution >= 0.6 is 0 Å². The third kappa shape index (κ3) is 7.51. The number of hydrogen-bond donors (Lipinski definition) is 2. The molecule has 4 aromatic carbocycles. The molecule has 0 saturated heterocycles. The normalized spacial score (nSPS) is 11.2. The summed E-state index contributed by atoms with van der Waals surface area (Å²) in [5.41, 5.74) is 5.19. The Bertz CT molecular complexity index is 1590. The van der Waals surface area contributed by atoms with Crippen LogP contribution in [-0.2, 0) is 6.42 Å². The molecule has 1 heterocycles. The number of anilines is 1. The van der Waals surface area contributed by atoms with Gasteiger partial charge >= 0.3 is 12.4 Å². The number of benzene rings is 4. The largest absolute Gasteiger partial charge is 0.573 e. The molecule has 0 bridgehead atoms. The van der Waals surface area contributed by atoms with Crippen molar-refractivity contribution in [1.82, 2.24) is 20.1 Å². The molecule has 2 N–H and O–H groups in total. The molecular weight excluding hydrogens is 531 g/mol. The molecule has 41 heavy (non-hydrogen) atoms. The van der Waals surface area contributed by atoms with Crippen molar-refractivity contribution >= 4 is 11.7 Å². The van der Waals surface area contributed by atoms with Crippen LogP contribution in [-0.4, -0.2) is 33.7 Å². The van der Waals surface area contributed by atoms with Gasteiger partial charge in [0.05, 0.1) is 11.4 Å². The van der Waals surface area contributed by atoms with E-state index in [2.05, 4.69) is 25.5 Å². The van der Waals surface area contributed by atoms with Crippen LogP contribution in [0.1, 0.15) is 12.0 Å². The smallest absolute Gasteiger partial charge is 0.406 e. The highest BCUT2D eigenvalue weighted by molar-refractivity contribution is 5.94. The van der Waals surface area contributed by atoms with Gasteiger partial charge in [-0.1, -0.05) is 72.8 Å². The van der Waals surface area contributed by atoms with E-state index in [4.69, 9.17) is 0 Å². The fourth-order valence-electron chi connectivity index (χ4n) is 4.26. The lowest BCUT2D eigenvalue weighted by molar-refractivity contribution is -0.274. The van der Waals surface area contributed by atoms with Crippen LogP contribution in [0.2, 0.25) is 0 Å². The Morgan fingerprint density at radius 3 is 2.27 bits per heavy atom. The van der Waals surface area contributed by atoms with Crippen molar-refractivity contribution < 1.29 is 22.7 Å². The van der Waals surface area contributed by atoms with E-state index in [1.54, 1.807) is 0 Å². The third-order valence-corrected chi connectivity index (χ3v) is 6.23. The van der Waals surface area contributed by atoms with Gasteiger partial charge in [0, 0.05) is 17.7 Å². The first-order chi connectivity index (χ1) is 19.8. The molecule has 7 nitrogen and oxygen atoms in total. The van der Waals surface area contributed by atoms with Gasteiger partial charge in [-0.2, -0.15) is 0 Å². The van der Waals surface area contributed by atoms with Crippen molar-refractivity contribution in [3.63, 3.8) is 0 Å². The highest BCUT2D eigenvalue weighted by Crippen LogP contribution is 2.27. The summed E-state index contributed by atoms with van der Waals surface area (Å²) in [6.45, 7) is 0.514. The fourth-order valence-corrected chi connectivity index (χ4v) is 4.26. The summed E-state index contributed by atoms with van der Waals surface area (Å²) in [5, 5.41) is 10.3. The maximum Gasteiger partial charge on any atom is 0.573 e. The summed E-state index contributed by atoms with van der Waals surface area (Å²) in [6, 6.07) is 30.5. The summed E-state index contributed by atoms with van der Waals surface area (Å²) in [4.78, 5) is 16.8. The number of ether oxygens (including phenoxy) is 1. The second-order valence-corrected chi connectivity index (χ2v) is 9.15. The average Bonchev–Trinajstić information content (AvgIpc) is 3.46. The second-order valence-electron chi connectivity index (χ2n) is 9.15. The zero-order valence-corrected chi connectivity index (χ0v) is 21.8. The van der Waals surface area contributed by atoms with Crippen molar-refractivity contribution in [2.24, 2.45) is 0 Å². The SMILES string of the molecule is O=C(NCCCc1ccc(-c2ncn(-c3ccc(OC(F)(F)F)cc3)n2)cc1)Nc1ccccc1-c1ccccc1. The number of para-hydroxylation sites is 1. The number of nitrogens with one attached hydrogen (secondary N) is 2. The molecular formula is C31H26F3N5O2. The first-order valence-corrected chi connectivity index (χ1v) is 12.9. The standard InChI is InChI=1S/C31H26F3N5O2/c32-31(33,34)41-26-18-16-25(17-19-26)39-21-36-29(38-39)24-14-12-22(13-15-24)7-6-20-35-30(40)37-28-11-5-4-10-27(28)23-8-2-1-3-9-23/h1-5,8-19,21H,6-7,20H2,(H2,35,37,40). The number of amides is 2. The van der Waals surface area contributed by atoms with Gasteiger partial charge in [-0.05, 0) is 54.3 Å². The minimum atomic E-state index is -4.74. The summed E-state index contributed by atoms with van der Waals surface area (Å²) in [7, 11) is 0. The zero-order chi connectivity index (χ0) is 28.7. The first kappa shape index (κ1) is 27.4. The van der Waals surface area contributed by atoms with Crippen molar-refractivity contribution in [1.29, 1.82) is 0 Å². The molecule has 0 unspecified atom stereocenters. The van der Waals surface area contributed by atoms with Gasteiger partial charge in [0.2, 0.25) is 0 Å². The molecule has 0 fully saturated rings. The highest BCUT2D eigenvalue weighted by atomic mass is 19.4. The number of rotatable bonds is 9. The van der Waals surface area contributed by atoms with E-state index in [-0.39, 0.29) is 11.8 Å². The molecule has 0 aliphatic heterocycles. The van der Waals surface area contributed by atoms with Gasteiger partial charge in [-0.25, -0.2) is 14.5 Å². The van der Waals surface area contributed by atoms with Crippen LogP contribution < -0.4 is 15.4 Å². The van der Waals surface area contributed by atoms with Crippen molar-refractivity contribution in [3.8, 4) is 34.0 Å². The van der Waals surface area contributed by atoms with Crippen LogP contribution in [0, 0.1) is 0 Å². The molecule has 0 saturated carbocycles. The molecule has 0 radical (unpaired) electrons. The predicted octanol–water partition coefficient (Wildman–Crippen LogP) is 7.25. The van der Waals surface area contributed by atoms with Gasteiger partial charge in [-0.3, -0.25) is 0 Å². The van der Waals surface area contributed by atoms with Crippen LogP contribution in [0.25, 0.3) is 28.2 Å². The van der Waals surface area contributed by atoms with Crippen molar-refractivity contribution in [3.05, 3.63) is 115 Å². The minimum absolute atomic E-state index is 0.257. The number of alkyl halides is 3. The third-order valence-electron chi connectivity index (χ3n) is 6.23. The van der Waals surface area contributed by atoms with E-state index in [0.717, 1.165) is 40.8 Å². The molecule has 0 spiro atoms. The van der Waals surface area contributed by atoms with Crippen LogP contribution in [0.3, 0.4) is 0 Å². The summed E-state index contributed by atoms with van der Waals surface area (Å²) < 4.78 is 42.5. The van der Waals surface area contributed by atoms with Crippen LogP contribution in [0.15, 0.2) is 109 Å². The van der Waals surface area contributed by atoms with Crippen LogP contribution in [0.5, 0.6) is 5.75 Å². The molecule has 2 amide bonds. The van der Waals surface area contributed by atoms with E-state index in [9.17, 15) is 18.0 Å². The molecule has 10 heteroatoms. The molecule has 5 rings (SSSR count). The Balaban J connectivity index is 1.10. The average molecular weight is 558 g/mol. The molecule has 0 aliphatic rings. The van der Waals surface area contributed by atoms with E-state index < -0.39 is 6.36 Å². The topological polar surface area (TPSA) is 81.1 Å². The first-order valence-electron chi connectivity index (χ1n) is 12.9. The van der Waals surface area contributed by atoms with Gasteiger partial charge in [0.1, 0.15) is 12.1 Å². The van der Waals surface area contributed by atoms with Gasteiger partial charge in [0.15, 0.2) is 5.82 Å². The Labute approximate surface area is 234 Å². The highest BCUT2D eigenvalue weighted by Gasteiger charge is 2.31. The fraction of sp³-hybridized carbons (Fsp3) is 0.129. The molecule has 208 valence electrons. The Hall–Kier alpha value is -5.12. The van der Waals surface area contributed by atoms with E-state index in [0.29, 0.717) is 18.1 Å². The lowest BCUT2D eigenvalue weighted by atomic mass is 10.0. The summed E-state index contributed by atoms with van der Waals surface area (Å²) in [6.07, 6.45) is -1.71. The number of carbonyl (C=O) groups is 1. The molecule has 1 aromatic heterocycles. The number of aromatic nitrogens is 3. The van der Waals surface area contributed by atoms with E-state index in [1.165, 1.54) is 35.3 Å². The Morgan fingerprint density at radius 2 is 1.54 bits per heavy atom. The second kappa shape index (κ2) is 12.4.